The van der Waals surface area contributed by atoms with E-state index in [1.807, 2.05) is 12.1 Å². The molecule has 1 aliphatic heterocycles. The Labute approximate surface area is 153 Å². The number of benzene rings is 1. The number of rotatable bonds is 2. The molecule has 1 heterocycles. The highest BCUT2D eigenvalue weighted by atomic mass is 32.1. The average molecular weight is 354 g/mol. The smallest absolute Gasteiger partial charge is 0.242 e. The van der Waals surface area contributed by atoms with Gasteiger partial charge in [-0.3, -0.25) is 14.5 Å². The molecule has 5 aliphatic rings. The lowest BCUT2D eigenvalue weighted by atomic mass is 9.48. The standard InChI is InChI=1S/C20H22N2O2S/c23-17-8-18(24)22(19(25)21-17)16-3-1-15(2-4-16)20-9-12-5-13(10-20)7-14(6-12)11-20/h1-4,12-14H,5-11H2,(H,21,23,25). The number of anilines is 1. The van der Waals surface area contributed by atoms with E-state index in [9.17, 15) is 9.59 Å². The molecular formula is C20H22N2O2S. The molecule has 1 N–H and O–H groups in total. The fourth-order valence-electron chi connectivity index (χ4n) is 6.24. The molecule has 2 amide bonds. The van der Waals surface area contributed by atoms with Gasteiger partial charge in [0.2, 0.25) is 11.8 Å². The maximum absolute atomic E-state index is 12.2. The third kappa shape index (κ3) is 2.43. The molecule has 6 rings (SSSR count). The Balaban J connectivity index is 1.43. The highest BCUT2D eigenvalue weighted by Gasteiger charge is 2.51. The van der Waals surface area contributed by atoms with Gasteiger partial charge >= 0.3 is 0 Å². The van der Waals surface area contributed by atoms with E-state index in [1.54, 1.807) is 0 Å². The van der Waals surface area contributed by atoms with E-state index < -0.39 is 0 Å². The van der Waals surface area contributed by atoms with Crippen LogP contribution in [0.4, 0.5) is 5.69 Å². The second-order valence-corrected chi connectivity index (χ2v) is 8.89. The zero-order valence-electron chi connectivity index (χ0n) is 14.2. The Bertz CT molecular complexity index is 715. The quantitative estimate of drug-likeness (QED) is 0.655. The van der Waals surface area contributed by atoms with Gasteiger partial charge in [0.15, 0.2) is 5.11 Å². The van der Waals surface area contributed by atoms with E-state index in [2.05, 4.69) is 17.4 Å². The van der Waals surface area contributed by atoms with Gasteiger partial charge in [0, 0.05) is 0 Å². The summed E-state index contributed by atoms with van der Waals surface area (Å²) in [6.45, 7) is 0. The molecule has 1 saturated heterocycles. The van der Waals surface area contributed by atoms with Crippen LogP contribution in [0.3, 0.4) is 0 Å². The second kappa shape index (κ2) is 5.37. The van der Waals surface area contributed by atoms with Crippen molar-refractivity contribution in [3.05, 3.63) is 29.8 Å². The van der Waals surface area contributed by atoms with Gasteiger partial charge in [0.05, 0.1) is 5.69 Å². The Morgan fingerprint density at radius 3 is 2.04 bits per heavy atom. The van der Waals surface area contributed by atoms with Gasteiger partial charge in [-0.1, -0.05) is 12.1 Å². The van der Waals surface area contributed by atoms with Gasteiger partial charge < -0.3 is 5.32 Å². The summed E-state index contributed by atoms with van der Waals surface area (Å²) in [4.78, 5) is 25.1. The number of hydrogen-bond acceptors (Lipinski definition) is 3. The van der Waals surface area contributed by atoms with Crippen molar-refractivity contribution in [2.45, 2.75) is 50.4 Å². The minimum atomic E-state index is -0.323. The van der Waals surface area contributed by atoms with Gasteiger partial charge in [-0.15, -0.1) is 0 Å². The molecule has 5 fully saturated rings. The second-order valence-electron chi connectivity index (χ2n) is 8.50. The van der Waals surface area contributed by atoms with Gasteiger partial charge in [0.25, 0.3) is 0 Å². The Hall–Kier alpha value is -1.75. The average Bonchev–Trinajstić information content (AvgIpc) is 2.53. The molecule has 0 spiro atoms. The molecule has 0 atom stereocenters. The van der Waals surface area contributed by atoms with Gasteiger partial charge in [0.1, 0.15) is 6.42 Å². The Morgan fingerprint density at radius 2 is 1.52 bits per heavy atom. The summed E-state index contributed by atoms with van der Waals surface area (Å²) < 4.78 is 0. The predicted molar refractivity (Wildman–Crippen MR) is 99.1 cm³/mol. The van der Waals surface area contributed by atoms with Crippen LogP contribution in [-0.2, 0) is 15.0 Å². The third-order valence-electron chi connectivity index (χ3n) is 6.79. The van der Waals surface area contributed by atoms with Crippen molar-refractivity contribution in [3.63, 3.8) is 0 Å². The molecule has 0 unspecified atom stereocenters. The van der Waals surface area contributed by atoms with Crippen molar-refractivity contribution in [2.75, 3.05) is 4.90 Å². The van der Waals surface area contributed by atoms with Crippen molar-refractivity contribution in [2.24, 2.45) is 17.8 Å². The largest absolute Gasteiger partial charge is 0.302 e. The molecular weight excluding hydrogens is 332 g/mol. The number of hydrogen-bond donors (Lipinski definition) is 1. The first kappa shape index (κ1) is 15.5. The lowest BCUT2D eigenvalue weighted by Gasteiger charge is -2.57. The van der Waals surface area contributed by atoms with Crippen LogP contribution >= 0.6 is 12.2 Å². The van der Waals surface area contributed by atoms with Crippen LogP contribution < -0.4 is 10.2 Å². The molecule has 4 bridgehead atoms. The number of carbonyl (C=O) groups excluding carboxylic acids is 2. The van der Waals surface area contributed by atoms with Crippen LogP contribution in [0.1, 0.15) is 50.5 Å². The molecule has 0 aromatic heterocycles. The number of carbonyl (C=O) groups is 2. The van der Waals surface area contributed by atoms with Gasteiger partial charge in [-0.2, -0.15) is 0 Å². The fourth-order valence-corrected chi connectivity index (χ4v) is 6.56. The summed E-state index contributed by atoms with van der Waals surface area (Å²) >= 11 is 5.18. The molecule has 5 heteroatoms. The first-order chi connectivity index (χ1) is 12.0. The van der Waals surface area contributed by atoms with Crippen molar-refractivity contribution in [1.82, 2.24) is 5.32 Å². The normalized spacial score (nSPS) is 36.7. The first-order valence-electron chi connectivity index (χ1n) is 9.30. The molecule has 130 valence electrons. The zero-order valence-corrected chi connectivity index (χ0v) is 15.0. The van der Waals surface area contributed by atoms with E-state index in [0.717, 1.165) is 23.4 Å². The maximum Gasteiger partial charge on any atom is 0.242 e. The van der Waals surface area contributed by atoms with E-state index in [4.69, 9.17) is 12.2 Å². The predicted octanol–water partition coefficient (Wildman–Crippen LogP) is 3.29. The summed E-state index contributed by atoms with van der Waals surface area (Å²) in [5.74, 6) is 2.17. The van der Waals surface area contributed by atoms with Gasteiger partial charge in [-0.25, -0.2) is 0 Å². The Morgan fingerprint density at radius 1 is 0.960 bits per heavy atom. The molecule has 0 radical (unpaired) electrons. The van der Waals surface area contributed by atoms with Crippen LogP contribution in [0, 0.1) is 17.8 Å². The summed E-state index contributed by atoms with van der Waals surface area (Å²) in [6.07, 6.45) is 8.16. The molecule has 4 nitrogen and oxygen atoms in total. The third-order valence-corrected chi connectivity index (χ3v) is 7.07. The molecule has 25 heavy (non-hydrogen) atoms. The van der Waals surface area contributed by atoms with Crippen molar-refractivity contribution >= 4 is 34.8 Å². The Kier molecular flexibility index (Phi) is 3.33. The summed E-state index contributed by atoms with van der Waals surface area (Å²) in [6, 6.07) is 8.37. The summed E-state index contributed by atoms with van der Waals surface area (Å²) in [7, 11) is 0. The molecule has 1 aromatic rings. The molecule has 4 aliphatic carbocycles. The lowest BCUT2D eigenvalue weighted by molar-refractivity contribution is -0.127. The highest BCUT2D eigenvalue weighted by Crippen LogP contribution is 2.60. The minimum Gasteiger partial charge on any atom is -0.302 e. The topological polar surface area (TPSA) is 49.4 Å². The number of thiocarbonyl (C=S) groups is 1. The van der Waals surface area contributed by atoms with Gasteiger partial charge in [-0.05, 0) is 91.6 Å². The van der Waals surface area contributed by atoms with Crippen LogP contribution in [0.15, 0.2) is 24.3 Å². The number of nitrogens with one attached hydrogen (secondary N) is 1. The van der Waals surface area contributed by atoms with E-state index in [-0.39, 0.29) is 23.3 Å². The van der Waals surface area contributed by atoms with E-state index >= 15 is 0 Å². The fraction of sp³-hybridized carbons (Fsp3) is 0.550. The van der Waals surface area contributed by atoms with Crippen molar-refractivity contribution in [1.29, 1.82) is 0 Å². The monoisotopic (exact) mass is 354 g/mol. The molecule has 1 aromatic carbocycles. The minimum absolute atomic E-state index is 0.142. The SMILES string of the molecule is O=C1CC(=O)N(c2ccc(C34CC5CC(CC(C5)C3)C4)cc2)C(=S)N1. The van der Waals surface area contributed by atoms with E-state index in [1.165, 1.54) is 49.0 Å². The first-order valence-corrected chi connectivity index (χ1v) is 9.70. The highest BCUT2D eigenvalue weighted by molar-refractivity contribution is 7.80. The molecule has 4 saturated carbocycles. The van der Waals surface area contributed by atoms with Crippen molar-refractivity contribution in [3.8, 4) is 0 Å². The van der Waals surface area contributed by atoms with Crippen LogP contribution in [0.2, 0.25) is 0 Å². The lowest BCUT2D eigenvalue weighted by Crippen LogP contribution is -2.52. The summed E-state index contributed by atoms with van der Waals surface area (Å²) in [5, 5.41) is 2.76. The number of amides is 2. The maximum atomic E-state index is 12.2. The number of nitrogens with zero attached hydrogens (tertiary/aromatic N) is 1. The van der Waals surface area contributed by atoms with Crippen LogP contribution in [0.25, 0.3) is 0 Å². The summed E-state index contributed by atoms with van der Waals surface area (Å²) in [5.41, 5.74) is 2.53. The zero-order chi connectivity index (χ0) is 17.2. The van der Waals surface area contributed by atoms with Crippen LogP contribution in [0.5, 0.6) is 0 Å². The van der Waals surface area contributed by atoms with Crippen LogP contribution in [-0.4, -0.2) is 16.9 Å². The van der Waals surface area contributed by atoms with E-state index in [0.29, 0.717) is 5.41 Å². The van der Waals surface area contributed by atoms with Crippen molar-refractivity contribution < 1.29 is 9.59 Å².